The summed E-state index contributed by atoms with van der Waals surface area (Å²) in [6, 6.07) is 3.17. The number of alkyl halides is 2. The van der Waals surface area contributed by atoms with E-state index in [9.17, 15) is 17.2 Å². The van der Waals surface area contributed by atoms with Gasteiger partial charge in [-0.15, -0.1) is 12.4 Å². The van der Waals surface area contributed by atoms with Crippen LogP contribution in [0.1, 0.15) is 11.6 Å². The molecule has 0 heterocycles. The van der Waals surface area contributed by atoms with Gasteiger partial charge < -0.3 is 10.8 Å². The number of hydrogen-bond donors (Lipinski definition) is 2. The fourth-order valence-electron chi connectivity index (χ4n) is 1.26. The summed E-state index contributed by atoms with van der Waals surface area (Å²) in [6.07, 6.45) is 1.02. The molecule has 104 valence electrons. The van der Waals surface area contributed by atoms with E-state index in [0.717, 1.165) is 6.26 Å². The molecule has 0 aliphatic heterocycles. The zero-order valence-electron chi connectivity index (χ0n) is 9.51. The lowest BCUT2D eigenvalue weighted by molar-refractivity contribution is -0.0711. The molecule has 1 atom stereocenters. The summed E-state index contributed by atoms with van der Waals surface area (Å²) in [6.45, 7) is -1.36. The van der Waals surface area contributed by atoms with Gasteiger partial charge in [-0.1, -0.05) is 12.1 Å². The Hall–Kier alpha value is -0.760. The number of rotatable bonds is 4. The topological polar surface area (TPSA) is 80.4 Å². The van der Waals surface area contributed by atoms with Crippen molar-refractivity contribution in [3.05, 3.63) is 29.8 Å². The van der Waals surface area contributed by atoms with Crippen LogP contribution in [0, 0.1) is 0 Å². The summed E-state index contributed by atoms with van der Waals surface area (Å²) < 4.78 is 48.4. The highest BCUT2D eigenvalue weighted by atomic mass is 35.5. The van der Waals surface area contributed by atoms with Gasteiger partial charge in [0, 0.05) is 6.26 Å². The highest BCUT2D eigenvalue weighted by molar-refractivity contribution is 7.90. The van der Waals surface area contributed by atoms with Crippen LogP contribution in [0.4, 0.5) is 8.78 Å². The van der Waals surface area contributed by atoms with Crippen LogP contribution >= 0.6 is 12.4 Å². The summed E-state index contributed by atoms with van der Waals surface area (Å²) in [5.74, 6) is -3.44. The van der Waals surface area contributed by atoms with Crippen LogP contribution in [0.25, 0.3) is 0 Å². The van der Waals surface area contributed by atoms with Crippen molar-refractivity contribution in [3.63, 3.8) is 0 Å². The van der Waals surface area contributed by atoms with Crippen molar-refractivity contribution >= 4 is 22.2 Å². The zero-order valence-corrected chi connectivity index (χ0v) is 11.1. The van der Waals surface area contributed by atoms with Gasteiger partial charge in [-0.05, 0) is 17.7 Å². The van der Waals surface area contributed by atoms with Crippen LogP contribution in [0.3, 0.4) is 0 Å². The molecule has 0 saturated heterocycles. The van der Waals surface area contributed by atoms with E-state index >= 15 is 0 Å². The van der Waals surface area contributed by atoms with Crippen molar-refractivity contribution < 1.29 is 22.3 Å². The van der Waals surface area contributed by atoms with Gasteiger partial charge >= 0.3 is 0 Å². The van der Waals surface area contributed by atoms with Gasteiger partial charge in [0.25, 0.3) is 5.92 Å². The molecule has 0 aliphatic carbocycles. The number of aliphatic hydroxyl groups is 1. The van der Waals surface area contributed by atoms with E-state index in [-0.39, 0.29) is 22.9 Å². The lowest BCUT2D eigenvalue weighted by Gasteiger charge is -2.21. The van der Waals surface area contributed by atoms with Crippen molar-refractivity contribution in [1.29, 1.82) is 0 Å². The van der Waals surface area contributed by atoms with Crippen LogP contribution in [-0.4, -0.2) is 32.3 Å². The molecule has 0 aliphatic rings. The molecule has 8 heteroatoms. The molecular formula is C10H14ClF2NO3S. The fraction of sp³-hybridized carbons (Fsp3) is 0.400. The second kappa shape index (κ2) is 5.92. The molecule has 0 amide bonds. The smallest absolute Gasteiger partial charge is 0.289 e. The van der Waals surface area contributed by atoms with Crippen molar-refractivity contribution in [2.45, 2.75) is 16.9 Å². The first-order valence-electron chi connectivity index (χ1n) is 4.73. The average molecular weight is 302 g/mol. The zero-order chi connectivity index (χ0) is 13.3. The molecular weight excluding hydrogens is 288 g/mol. The van der Waals surface area contributed by atoms with Gasteiger partial charge in [0.1, 0.15) is 6.61 Å². The molecule has 0 spiro atoms. The number of halogens is 3. The Morgan fingerprint density at radius 1 is 1.33 bits per heavy atom. The van der Waals surface area contributed by atoms with Gasteiger partial charge in [-0.2, -0.15) is 0 Å². The first kappa shape index (κ1) is 17.2. The molecule has 18 heavy (non-hydrogen) atoms. The molecule has 3 N–H and O–H groups in total. The molecule has 0 fully saturated rings. The number of nitrogens with two attached hydrogens (primary N) is 1. The fourth-order valence-corrected chi connectivity index (χ4v) is 1.90. The number of aliphatic hydroxyl groups excluding tert-OH is 1. The molecule has 0 bridgehead atoms. The molecule has 1 aromatic rings. The minimum atomic E-state index is -3.44. The Morgan fingerprint density at radius 3 is 2.11 bits per heavy atom. The van der Waals surface area contributed by atoms with Crippen LogP contribution in [0.2, 0.25) is 0 Å². The van der Waals surface area contributed by atoms with Crippen LogP contribution in [-0.2, 0) is 9.84 Å². The number of benzene rings is 1. The third kappa shape index (κ3) is 3.88. The third-order valence-electron chi connectivity index (χ3n) is 2.33. The summed E-state index contributed by atoms with van der Waals surface area (Å²) >= 11 is 0. The maximum absolute atomic E-state index is 13.1. The van der Waals surface area contributed by atoms with Gasteiger partial charge in [-0.3, -0.25) is 0 Å². The first-order chi connectivity index (χ1) is 7.68. The molecule has 4 nitrogen and oxygen atoms in total. The Bertz CT molecular complexity index is 490. The summed E-state index contributed by atoms with van der Waals surface area (Å²) in [4.78, 5) is 0.0285. The Balaban J connectivity index is 0.00000289. The minimum Gasteiger partial charge on any atom is -0.390 e. The van der Waals surface area contributed by atoms with Crippen LogP contribution in [0.15, 0.2) is 29.2 Å². The molecule has 1 aromatic carbocycles. The van der Waals surface area contributed by atoms with E-state index in [2.05, 4.69) is 0 Å². The van der Waals surface area contributed by atoms with Crippen molar-refractivity contribution in [2.24, 2.45) is 5.73 Å². The summed E-state index contributed by atoms with van der Waals surface area (Å²) in [5, 5.41) is 8.48. The lowest BCUT2D eigenvalue weighted by Crippen LogP contribution is -2.36. The molecule has 0 aromatic heterocycles. The van der Waals surface area contributed by atoms with Crippen molar-refractivity contribution in [3.8, 4) is 0 Å². The number of hydrogen-bond acceptors (Lipinski definition) is 4. The second-order valence-electron chi connectivity index (χ2n) is 3.74. The second-order valence-corrected chi connectivity index (χ2v) is 5.75. The normalized spacial score (nSPS) is 13.8. The monoisotopic (exact) mass is 301 g/mol. The van der Waals surface area contributed by atoms with E-state index in [0.29, 0.717) is 0 Å². The Morgan fingerprint density at radius 2 is 1.78 bits per heavy atom. The van der Waals surface area contributed by atoms with E-state index in [1.54, 1.807) is 0 Å². The summed E-state index contributed by atoms with van der Waals surface area (Å²) in [5.41, 5.74) is 5.35. The van der Waals surface area contributed by atoms with E-state index in [4.69, 9.17) is 10.8 Å². The largest absolute Gasteiger partial charge is 0.390 e. The lowest BCUT2D eigenvalue weighted by atomic mass is 10.0. The predicted molar refractivity (Wildman–Crippen MR) is 65.8 cm³/mol. The van der Waals surface area contributed by atoms with Gasteiger partial charge in [-0.25, -0.2) is 17.2 Å². The van der Waals surface area contributed by atoms with Crippen molar-refractivity contribution in [1.82, 2.24) is 0 Å². The quantitative estimate of drug-likeness (QED) is 0.874. The predicted octanol–water partition coefficient (Wildman–Crippen LogP) is 1.14. The van der Waals surface area contributed by atoms with E-state index in [1.165, 1.54) is 24.3 Å². The van der Waals surface area contributed by atoms with Gasteiger partial charge in [0.05, 0.1) is 10.9 Å². The maximum Gasteiger partial charge on any atom is 0.289 e. The van der Waals surface area contributed by atoms with E-state index in [1.807, 2.05) is 0 Å². The number of sulfone groups is 1. The molecule has 1 rings (SSSR count). The van der Waals surface area contributed by atoms with Gasteiger partial charge in [0.15, 0.2) is 9.84 Å². The molecule has 0 unspecified atom stereocenters. The SMILES string of the molecule is CS(=O)(=O)c1ccc([C@@H](N)C(F)(F)CO)cc1.Cl. The summed E-state index contributed by atoms with van der Waals surface area (Å²) in [7, 11) is -3.36. The minimum absolute atomic E-state index is 0. The Kier molecular flexibility index (Phi) is 5.67. The average Bonchev–Trinajstić information content (AvgIpc) is 2.27. The maximum atomic E-state index is 13.1. The highest BCUT2D eigenvalue weighted by Gasteiger charge is 2.37. The highest BCUT2D eigenvalue weighted by Crippen LogP contribution is 2.29. The molecule has 0 saturated carbocycles. The third-order valence-corrected chi connectivity index (χ3v) is 3.46. The standard InChI is InChI=1S/C10H13F2NO3S.ClH/c1-17(15,16)8-4-2-7(3-5-8)9(13)10(11,12)6-14;/h2-5,9,14H,6,13H2,1H3;1H/t9-;/m1./s1. The first-order valence-corrected chi connectivity index (χ1v) is 6.62. The van der Waals surface area contributed by atoms with E-state index < -0.39 is 28.4 Å². The van der Waals surface area contributed by atoms with Crippen molar-refractivity contribution in [2.75, 3.05) is 12.9 Å². The van der Waals surface area contributed by atoms with Crippen LogP contribution in [0.5, 0.6) is 0 Å². The Labute approximate surface area is 110 Å². The van der Waals surface area contributed by atoms with Gasteiger partial charge in [0.2, 0.25) is 0 Å². The molecule has 0 radical (unpaired) electrons. The van der Waals surface area contributed by atoms with Crippen LogP contribution < -0.4 is 5.73 Å².